The number of aromatic nitrogens is 4. The standard InChI is InChI=1S/C24H32N6O2/c1-3-29-23-22(18(2)27-30(23)19-10-6-4-7-11-19)26-20(24(29)32)12-13-21(31)25-14-17-28-15-8-5-9-16-28/h4,6-7,10-11H,3,5,8-9,12-17H2,1-2H3,(H,25,31). The third-order valence-corrected chi connectivity index (χ3v) is 6.10. The summed E-state index contributed by atoms with van der Waals surface area (Å²) in [5.41, 5.74) is 3.30. The molecule has 0 saturated carbocycles. The molecule has 8 nitrogen and oxygen atoms in total. The van der Waals surface area contributed by atoms with E-state index in [9.17, 15) is 9.59 Å². The zero-order chi connectivity index (χ0) is 22.5. The molecule has 1 aliphatic heterocycles. The van der Waals surface area contributed by atoms with Crippen LogP contribution in [0.4, 0.5) is 0 Å². The average molecular weight is 437 g/mol. The lowest BCUT2D eigenvalue weighted by molar-refractivity contribution is -0.121. The number of hydrogen-bond donors (Lipinski definition) is 1. The molecule has 0 radical (unpaired) electrons. The van der Waals surface area contributed by atoms with Crippen LogP contribution < -0.4 is 10.9 Å². The average Bonchev–Trinajstić information content (AvgIpc) is 3.15. The molecule has 1 N–H and O–H groups in total. The highest BCUT2D eigenvalue weighted by Crippen LogP contribution is 2.20. The molecule has 0 atom stereocenters. The lowest BCUT2D eigenvalue weighted by Crippen LogP contribution is -2.37. The molecule has 3 heterocycles. The Morgan fingerprint density at radius 3 is 2.59 bits per heavy atom. The molecule has 1 aromatic carbocycles. The monoisotopic (exact) mass is 436 g/mol. The molecular formula is C24H32N6O2. The van der Waals surface area contributed by atoms with Gasteiger partial charge in [0.2, 0.25) is 5.91 Å². The third kappa shape index (κ3) is 4.75. The normalized spacial score (nSPS) is 14.7. The second kappa shape index (κ2) is 10.1. The van der Waals surface area contributed by atoms with Gasteiger partial charge in [0.25, 0.3) is 5.56 Å². The number of para-hydroxylation sites is 1. The summed E-state index contributed by atoms with van der Waals surface area (Å²) in [5.74, 6) is -0.0388. The smallest absolute Gasteiger partial charge is 0.273 e. The fraction of sp³-hybridized carbons (Fsp3) is 0.500. The van der Waals surface area contributed by atoms with Gasteiger partial charge in [0.05, 0.1) is 11.4 Å². The summed E-state index contributed by atoms with van der Waals surface area (Å²) in [6.45, 7) is 8.11. The molecule has 3 aromatic rings. The van der Waals surface area contributed by atoms with Crippen molar-refractivity contribution < 1.29 is 4.79 Å². The maximum absolute atomic E-state index is 13.2. The Kier molecular flexibility index (Phi) is 6.99. The van der Waals surface area contributed by atoms with Crippen LogP contribution in [-0.4, -0.2) is 56.3 Å². The van der Waals surface area contributed by atoms with Crippen molar-refractivity contribution >= 4 is 17.1 Å². The number of piperidine rings is 1. The predicted octanol–water partition coefficient (Wildman–Crippen LogP) is 2.45. The van der Waals surface area contributed by atoms with Crippen LogP contribution in [0.1, 0.15) is 44.0 Å². The summed E-state index contributed by atoms with van der Waals surface area (Å²) in [6.07, 6.45) is 4.36. The first-order valence-electron chi connectivity index (χ1n) is 11.6. The van der Waals surface area contributed by atoms with Crippen LogP contribution >= 0.6 is 0 Å². The molecule has 0 unspecified atom stereocenters. The van der Waals surface area contributed by atoms with Crippen molar-refractivity contribution in [1.29, 1.82) is 0 Å². The number of fused-ring (bicyclic) bond motifs is 1. The Labute approximate surface area is 188 Å². The summed E-state index contributed by atoms with van der Waals surface area (Å²) < 4.78 is 3.48. The van der Waals surface area contributed by atoms with E-state index in [1.165, 1.54) is 19.3 Å². The van der Waals surface area contributed by atoms with Crippen molar-refractivity contribution in [3.05, 3.63) is 52.1 Å². The number of benzene rings is 1. The Balaban J connectivity index is 1.48. The van der Waals surface area contributed by atoms with Crippen molar-refractivity contribution in [2.24, 2.45) is 0 Å². The summed E-state index contributed by atoms with van der Waals surface area (Å²) in [4.78, 5) is 32.6. The van der Waals surface area contributed by atoms with Gasteiger partial charge in [-0.25, -0.2) is 9.67 Å². The topological polar surface area (TPSA) is 85.1 Å². The van der Waals surface area contributed by atoms with E-state index >= 15 is 0 Å². The number of likely N-dealkylation sites (tertiary alicyclic amines) is 1. The lowest BCUT2D eigenvalue weighted by Gasteiger charge is -2.26. The van der Waals surface area contributed by atoms with Crippen LogP contribution in [-0.2, 0) is 17.8 Å². The van der Waals surface area contributed by atoms with E-state index in [2.05, 4.69) is 20.3 Å². The van der Waals surface area contributed by atoms with Gasteiger partial charge in [-0.2, -0.15) is 5.10 Å². The number of carbonyl (C=O) groups excluding carboxylic acids is 1. The maximum atomic E-state index is 13.2. The van der Waals surface area contributed by atoms with Gasteiger partial charge in [-0.05, 0) is 51.9 Å². The molecule has 0 bridgehead atoms. The second-order valence-electron chi connectivity index (χ2n) is 8.37. The SMILES string of the molecule is CCn1c(=O)c(CCC(=O)NCCN2CCCCC2)nc2c(C)nn(-c3ccccc3)c21. The largest absolute Gasteiger partial charge is 0.355 e. The van der Waals surface area contributed by atoms with Crippen LogP contribution in [0, 0.1) is 6.92 Å². The Morgan fingerprint density at radius 2 is 1.88 bits per heavy atom. The van der Waals surface area contributed by atoms with Gasteiger partial charge >= 0.3 is 0 Å². The number of nitrogens with zero attached hydrogens (tertiary/aromatic N) is 5. The van der Waals surface area contributed by atoms with Crippen molar-refractivity contribution in [1.82, 2.24) is 29.5 Å². The molecule has 2 aromatic heterocycles. The summed E-state index contributed by atoms with van der Waals surface area (Å²) >= 11 is 0. The van der Waals surface area contributed by atoms with E-state index < -0.39 is 0 Å². The van der Waals surface area contributed by atoms with Crippen LogP contribution in [0.25, 0.3) is 16.9 Å². The third-order valence-electron chi connectivity index (χ3n) is 6.10. The molecule has 1 saturated heterocycles. The van der Waals surface area contributed by atoms with Crippen LogP contribution in [0.5, 0.6) is 0 Å². The predicted molar refractivity (Wildman–Crippen MR) is 125 cm³/mol. The molecule has 0 aliphatic carbocycles. The lowest BCUT2D eigenvalue weighted by atomic mass is 10.1. The van der Waals surface area contributed by atoms with E-state index in [0.717, 1.165) is 31.0 Å². The first-order chi connectivity index (χ1) is 15.6. The Bertz CT molecular complexity index is 1130. The van der Waals surface area contributed by atoms with Gasteiger partial charge in [0.1, 0.15) is 11.2 Å². The molecule has 1 amide bonds. The quantitative estimate of drug-likeness (QED) is 0.586. The summed E-state index contributed by atoms with van der Waals surface area (Å²) in [5, 5.41) is 7.63. The van der Waals surface area contributed by atoms with Crippen molar-refractivity contribution in [3.63, 3.8) is 0 Å². The fourth-order valence-electron chi connectivity index (χ4n) is 4.38. The van der Waals surface area contributed by atoms with E-state index in [0.29, 0.717) is 36.4 Å². The zero-order valence-corrected chi connectivity index (χ0v) is 19.0. The van der Waals surface area contributed by atoms with Gasteiger partial charge in [0, 0.05) is 32.5 Å². The molecule has 32 heavy (non-hydrogen) atoms. The molecule has 0 spiro atoms. The summed E-state index contributed by atoms with van der Waals surface area (Å²) in [6, 6.07) is 9.75. The number of carbonyl (C=O) groups is 1. The number of aryl methyl sites for hydroxylation is 3. The highest BCUT2D eigenvalue weighted by Gasteiger charge is 2.19. The Hall–Kier alpha value is -3.00. The first-order valence-corrected chi connectivity index (χ1v) is 11.6. The van der Waals surface area contributed by atoms with E-state index in [1.807, 2.05) is 44.2 Å². The van der Waals surface area contributed by atoms with Crippen molar-refractivity contribution in [2.75, 3.05) is 26.2 Å². The minimum Gasteiger partial charge on any atom is -0.355 e. The van der Waals surface area contributed by atoms with Crippen molar-refractivity contribution in [2.45, 2.75) is 52.5 Å². The number of hydrogen-bond acceptors (Lipinski definition) is 5. The van der Waals surface area contributed by atoms with Crippen LogP contribution in [0.3, 0.4) is 0 Å². The molecule has 1 aliphatic rings. The van der Waals surface area contributed by atoms with Crippen LogP contribution in [0.15, 0.2) is 35.1 Å². The number of amides is 1. The molecule has 8 heteroatoms. The molecule has 4 rings (SSSR count). The minimum absolute atomic E-state index is 0.0388. The van der Waals surface area contributed by atoms with Gasteiger partial charge in [-0.15, -0.1) is 0 Å². The van der Waals surface area contributed by atoms with Gasteiger partial charge in [-0.3, -0.25) is 14.2 Å². The first kappa shape index (κ1) is 22.2. The highest BCUT2D eigenvalue weighted by molar-refractivity contribution is 5.77. The molecule has 170 valence electrons. The van der Waals surface area contributed by atoms with Crippen LogP contribution in [0.2, 0.25) is 0 Å². The molecule has 1 fully saturated rings. The minimum atomic E-state index is -0.154. The maximum Gasteiger partial charge on any atom is 0.273 e. The van der Waals surface area contributed by atoms with Gasteiger partial charge < -0.3 is 10.2 Å². The fourth-order valence-corrected chi connectivity index (χ4v) is 4.38. The zero-order valence-electron chi connectivity index (χ0n) is 19.0. The van der Waals surface area contributed by atoms with Gasteiger partial charge in [0.15, 0.2) is 5.65 Å². The van der Waals surface area contributed by atoms with Crippen molar-refractivity contribution in [3.8, 4) is 5.69 Å². The van der Waals surface area contributed by atoms with E-state index in [-0.39, 0.29) is 17.9 Å². The second-order valence-corrected chi connectivity index (χ2v) is 8.37. The highest BCUT2D eigenvalue weighted by atomic mass is 16.1. The molecular weight excluding hydrogens is 404 g/mol. The Morgan fingerprint density at radius 1 is 1.12 bits per heavy atom. The number of nitrogens with one attached hydrogen (secondary N) is 1. The number of rotatable bonds is 8. The van der Waals surface area contributed by atoms with E-state index in [1.54, 1.807) is 9.25 Å². The van der Waals surface area contributed by atoms with Gasteiger partial charge in [-0.1, -0.05) is 24.6 Å². The summed E-state index contributed by atoms with van der Waals surface area (Å²) in [7, 11) is 0. The van der Waals surface area contributed by atoms with E-state index in [4.69, 9.17) is 0 Å².